The zero-order chi connectivity index (χ0) is 14.0. The highest BCUT2D eigenvalue weighted by molar-refractivity contribution is 5.79. The van der Waals surface area contributed by atoms with Gasteiger partial charge in [0, 0.05) is 24.6 Å². The van der Waals surface area contributed by atoms with Crippen LogP contribution in [0, 0.1) is 17.7 Å². The fraction of sp³-hybridized carbons (Fsp3) is 0.533. The number of benzene rings is 1. The minimum absolute atomic E-state index is 0.0279. The first-order chi connectivity index (χ1) is 9.04. The van der Waals surface area contributed by atoms with Crippen molar-refractivity contribution >= 4 is 5.91 Å². The molecule has 1 aromatic carbocycles. The first-order valence-corrected chi connectivity index (χ1v) is 6.79. The molecule has 1 saturated heterocycles. The Balaban J connectivity index is 2.28. The summed E-state index contributed by atoms with van der Waals surface area (Å²) in [4.78, 5) is 14.1. The number of carbonyl (C=O) groups is 1. The zero-order valence-corrected chi connectivity index (χ0v) is 11.5. The fourth-order valence-corrected chi connectivity index (χ4v) is 2.71. The van der Waals surface area contributed by atoms with E-state index in [-0.39, 0.29) is 23.7 Å². The summed E-state index contributed by atoms with van der Waals surface area (Å²) in [6.45, 7) is 4.92. The van der Waals surface area contributed by atoms with Crippen LogP contribution in [0.2, 0.25) is 0 Å². The lowest BCUT2D eigenvalue weighted by molar-refractivity contribution is -0.135. The maximum atomic E-state index is 13.9. The van der Waals surface area contributed by atoms with E-state index in [1.807, 2.05) is 13.0 Å². The van der Waals surface area contributed by atoms with Crippen LogP contribution in [0.25, 0.3) is 0 Å². The number of halogens is 1. The summed E-state index contributed by atoms with van der Waals surface area (Å²) in [5.41, 5.74) is 6.18. The lowest BCUT2D eigenvalue weighted by atomic mass is 10.00. The minimum Gasteiger partial charge on any atom is -0.335 e. The monoisotopic (exact) mass is 264 g/mol. The van der Waals surface area contributed by atoms with Crippen LogP contribution >= 0.6 is 0 Å². The van der Waals surface area contributed by atoms with E-state index in [1.165, 1.54) is 6.07 Å². The molecule has 1 aromatic rings. The van der Waals surface area contributed by atoms with Gasteiger partial charge in [-0.1, -0.05) is 32.0 Å². The predicted octanol–water partition coefficient (Wildman–Crippen LogP) is 2.33. The van der Waals surface area contributed by atoms with Gasteiger partial charge in [-0.2, -0.15) is 0 Å². The molecular weight excluding hydrogens is 243 g/mol. The van der Waals surface area contributed by atoms with Crippen molar-refractivity contribution in [1.29, 1.82) is 0 Å². The highest BCUT2D eigenvalue weighted by Crippen LogP contribution is 2.37. The Bertz CT molecular complexity index is 463. The number of likely N-dealkylation sites (tertiary alicyclic amines) is 1. The average molecular weight is 264 g/mol. The smallest absolute Gasteiger partial charge is 0.227 e. The van der Waals surface area contributed by atoms with Crippen LogP contribution in [0.5, 0.6) is 0 Å². The van der Waals surface area contributed by atoms with Crippen LogP contribution in [0.15, 0.2) is 24.3 Å². The number of rotatable bonds is 3. The molecule has 3 unspecified atom stereocenters. The Hall–Kier alpha value is -1.42. The third-order valence-electron chi connectivity index (χ3n) is 3.83. The Morgan fingerprint density at radius 2 is 2.21 bits per heavy atom. The molecule has 0 bridgehead atoms. The molecule has 0 radical (unpaired) electrons. The summed E-state index contributed by atoms with van der Waals surface area (Å²) in [5, 5.41) is 0. The molecule has 1 amide bonds. The number of nitrogens with two attached hydrogens (primary N) is 1. The number of hydrogen-bond acceptors (Lipinski definition) is 2. The molecule has 4 heteroatoms. The van der Waals surface area contributed by atoms with Crippen LogP contribution in [0.1, 0.15) is 31.9 Å². The summed E-state index contributed by atoms with van der Waals surface area (Å²) in [5.74, 6) is -0.0296. The molecule has 3 atom stereocenters. The molecule has 1 heterocycles. The van der Waals surface area contributed by atoms with E-state index in [0.29, 0.717) is 24.6 Å². The van der Waals surface area contributed by atoms with E-state index in [9.17, 15) is 9.18 Å². The summed E-state index contributed by atoms with van der Waals surface area (Å²) < 4.78 is 13.9. The molecular formula is C15H21FN2O. The highest BCUT2D eigenvalue weighted by atomic mass is 19.1. The molecule has 0 aromatic heterocycles. The van der Waals surface area contributed by atoms with Crippen molar-refractivity contribution in [2.75, 3.05) is 13.1 Å². The summed E-state index contributed by atoms with van der Waals surface area (Å²) in [6, 6.07) is 6.55. The Labute approximate surface area is 113 Å². The SMILES string of the molecule is CC1CC(c2ccccc2F)N(C(=O)C(C)CN)C1. The molecule has 104 valence electrons. The summed E-state index contributed by atoms with van der Waals surface area (Å²) in [7, 11) is 0. The lowest BCUT2D eigenvalue weighted by Crippen LogP contribution is -2.38. The average Bonchev–Trinajstić information content (AvgIpc) is 2.79. The molecule has 0 saturated carbocycles. The van der Waals surface area contributed by atoms with Crippen LogP contribution in [-0.4, -0.2) is 23.9 Å². The number of hydrogen-bond donors (Lipinski definition) is 1. The summed E-state index contributed by atoms with van der Waals surface area (Å²) in [6.07, 6.45) is 0.809. The maximum Gasteiger partial charge on any atom is 0.227 e. The largest absolute Gasteiger partial charge is 0.335 e. The molecule has 1 aliphatic rings. The van der Waals surface area contributed by atoms with Gasteiger partial charge in [-0.25, -0.2) is 4.39 Å². The van der Waals surface area contributed by atoms with Crippen molar-refractivity contribution in [3.8, 4) is 0 Å². The first kappa shape index (κ1) is 14.0. The second-order valence-electron chi connectivity index (χ2n) is 5.51. The Kier molecular flexibility index (Phi) is 4.20. The van der Waals surface area contributed by atoms with Gasteiger partial charge in [-0.3, -0.25) is 4.79 Å². The summed E-state index contributed by atoms with van der Waals surface area (Å²) >= 11 is 0. The van der Waals surface area contributed by atoms with Crippen molar-refractivity contribution in [2.24, 2.45) is 17.6 Å². The van der Waals surface area contributed by atoms with Crippen LogP contribution in [-0.2, 0) is 4.79 Å². The maximum absolute atomic E-state index is 13.9. The van der Waals surface area contributed by atoms with Crippen molar-refractivity contribution < 1.29 is 9.18 Å². The predicted molar refractivity (Wildman–Crippen MR) is 72.9 cm³/mol. The van der Waals surface area contributed by atoms with E-state index >= 15 is 0 Å². The van der Waals surface area contributed by atoms with Gasteiger partial charge in [-0.15, -0.1) is 0 Å². The van der Waals surface area contributed by atoms with Gasteiger partial charge >= 0.3 is 0 Å². The van der Waals surface area contributed by atoms with Crippen molar-refractivity contribution in [3.05, 3.63) is 35.6 Å². The van der Waals surface area contributed by atoms with Gasteiger partial charge in [-0.05, 0) is 18.4 Å². The molecule has 0 spiro atoms. The van der Waals surface area contributed by atoms with Gasteiger partial charge in [0.1, 0.15) is 5.82 Å². The Morgan fingerprint density at radius 1 is 1.53 bits per heavy atom. The molecule has 0 aliphatic carbocycles. The zero-order valence-electron chi connectivity index (χ0n) is 11.5. The van der Waals surface area contributed by atoms with Gasteiger partial charge in [0.25, 0.3) is 0 Å². The second-order valence-corrected chi connectivity index (χ2v) is 5.51. The van der Waals surface area contributed by atoms with E-state index in [0.717, 1.165) is 6.42 Å². The third-order valence-corrected chi connectivity index (χ3v) is 3.83. The van der Waals surface area contributed by atoms with Gasteiger partial charge in [0.15, 0.2) is 0 Å². The minimum atomic E-state index is -0.236. The third kappa shape index (κ3) is 2.78. The normalized spacial score (nSPS) is 24.5. The van der Waals surface area contributed by atoms with Crippen LogP contribution in [0.4, 0.5) is 4.39 Å². The topological polar surface area (TPSA) is 46.3 Å². The molecule has 2 N–H and O–H groups in total. The standard InChI is InChI=1S/C15H21FN2O/c1-10-7-14(12-5-3-4-6-13(12)16)18(9-10)15(19)11(2)8-17/h3-6,10-11,14H,7-9,17H2,1-2H3. The fourth-order valence-electron chi connectivity index (χ4n) is 2.71. The van der Waals surface area contributed by atoms with E-state index < -0.39 is 0 Å². The quantitative estimate of drug-likeness (QED) is 0.910. The Morgan fingerprint density at radius 3 is 2.84 bits per heavy atom. The van der Waals surface area contributed by atoms with Gasteiger partial charge < -0.3 is 10.6 Å². The van der Waals surface area contributed by atoms with E-state index in [2.05, 4.69) is 6.92 Å². The lowest BCUT2D eigenvalue weighted by Gasteiger charge is -2.27. The molecule has 1 aliphatic heterocycles. The van der Waals surface area contributed by atoms with E-state index in [4.69, 9.17) is 5.73 Å². The van der Waals surface area contributed by atoms with Crippen molar-refractivity contribution in [1.82, 2.24) is 4.90 Å². The number of amides is 1. The van der Waals surface area contributed by atoms with Crippen molar-refractivity contribution in [2.45, 2.75) is 26.3 Å². The number of nitrogens with zero attached hydrogens (tertiary/aromatic N) is 1. The van der Waals surface area contributed by atoms with E-state index in [1.54, 1.807) is 17.0 Å². The molecule has 3 nitrogen and oxygen atoms in total. The second kappa shape index (κ2) is 5.70. The molecule has 1 fully saturated rings. The first-order valence-electron chi connectivity index (χ1n) is 6.79. The van der Waals surface area contributed by atoms with Gasteiger partial charge in [0.2, 0.25) is 5.91 Å². The number of carbonyl (C=O) groups excluding carboxylic acids is 1. The van der Waals surface area contributed by atoms with Crippen LogP contribution in [0.3, 0.4) is 0 Å². The van der Waals surface area contributed by atoms with Gasteiger partial charge in [0.05, 0.1) is 6.04 Å². The van der Waals surface area contributed by atoms with Crippen LogP contribution < -0.4 is 5.73 Å². The molecule has 2 rings (SSSR count). The highest BCUT2D eigenvalue weighted by Gasteiger charge is 2.36. The molecule has 19 heavy (non-hydrogen) atoms. The van der Waals surface area contributed by atoms with Crippen molar-refractivity contribution in [3.63, 3.8) is 0 Å².